The van der Waals surface area contributed by atoms with Crippen molar-refractivity contribution >= 4 is 34.3 Å². The number of benzene rings is 3. The van der Waals surface area contributed by atoms with Crippen molar-refractivity contribution in [1.82, 2.24) is 0 Å². The second-order valence-corrected chi connectivity index (χ2v) is 7.08. The summed E-state index contributed by atoms with van der Waals surface area (Å²) in [5.41, 5.74) is 2.54. The maximum absolute atomic E-state index is 12.7. The molecule has 4 aromatic rings. The standard InChI is InChI=1S/C22H17NO2S/c1-15-8-7-9-16-14-19(25-21(15)16)22(24)23-18-12-5-6-13-20(18)26-17-10-3-2-4-11-17/h2-14H,1H3,(H,23,24). The molecule has 1 aromatic heterocycles. The highest BCUT2D eigenvalue weighted by Gasteiger charge is 2.15. The average molecular weight is 359 g/mol. The lowest BCUT2D eigenvalue weighted by molar-refractivity contribution is 0.0998. The quantitative estimate of drug-likeness (QED) is 0.475. The zero-order valence-electron chi connectivity index (χ0n) is 14.2. The van der Waals surface area contributed by atoms with Crippen LogP contribution in [0.15, 0.2) is 93.1 Å². The first kappa shape index (κ1) is 16.5. The number of fused-ring (bicyclic) bond motifs is 1. The predicted molar refractivity (Wildman–Crippen MR) is 106 cm³/mol. The van der Waals surface area contributed by atoms with Gasteiger partial charge in [0.2, 0.25) is 0 Å². The van der Waals surface area contributed by atoms with Gasteiger partial charge in [-0.3, -0.25) is 4.79 Å². The molecule has 0 spiro atoms. The molecule has 4 heteroatoms. The van der Waals surface area contributed by atoms with E-state index in [1.807, 2.05) is 79.7 Å². The van der Waals surface area contributed by atoms with Crippen molar-refractivity contribution < 1.29 is 9.21 Å². The fraction of sp³-hybridized carbons (Fsp3) is 0.0455. The number of carbonyl (C=O) groups excluding carboxylic acids is 1. The summed E-state index contributed by atoms with van der Waals surface area (Å²) in [4.78, 5) is 14.8. The van der Waals surface area contributed by atoms with Gasteiger partial charge in [0.1, 0.15) is 5.58 Å². The third kappa shape index (κ3) is 3.37. The first-order chi connectivity index (χ1) is 12.7. The smallest absolute Gasteiger partial charge is 0.291 e. The molecule has 26 heavy (non-hydrogen) atoms. The summed E-state index contributed by atoms with van der Waals surface area (Å²) in [6.07, 6.45) is 0. The molecule has 0 aliphatic heterocycles. The molecular formula is C22H17NO2S. The summed E-state index contributed by atoms with van der Waals surface area (Å²) in [6, 6.07) is 25.5. The lowest BCUT2D eigenvalue weighted by Gasteiger charge is -2.09. The van der Waals surface area contributed by atoms with Crippen LogP contribution in [0.25, 0.3) is 11.0 Å². The van der Waals surface area contributed by atoms with Gasteiger partial charge in [0, 0.05) is 15.2 Å². The zero-order valence-corrected chi connectivity index (χ0v) is 15.0. The number of hydrogen-bond donors (Lipinski definition) is 1. The number of rotatable bonds is 4. The molecule has 0 saturated carbocycles. The molecule has 0 atom stereocenters. The minimum atomic E-state index is -0.248. The number of para-hydroxylation sites is 2. The van der Waals surface area contributed by atoms with Gasteiger partial charge in [-0.05, 0) is 42.8 Å². The van der Waals surface area contributed by atoms with E-state index in [0.717, 1.165) is 32.0 Å². The first-order valence-corrected chi connectivity index (χ1v) is 9.15. The molecule has 1 N–H and O–H groups in total. The third-order valence-electron chi connectivity index (χ3n) is 4.07. The van der Waals surface area contributed by atoms with E-state index in [1.165, 1.54) is 0 Å². The monoisotopic (exact) mass is 359 g/mol. The number of anilines is 1. The Kier molecular flexibility index (Phi) is 4.50. The number of aryl methyl sites for hydroxylation is 1. The summed E-state index contributed by atoms with van der Waals surface area (Å²) in [7, 11) is 0. The van der Waals surface area contributed by atoms with E-state index in [-0.39, 0.29) is 5.91 Å². The maximum Gasteiger partial charge on any atom is 0.291 e. The normalized spacial score (nSPS) is 10.8. The molecule has 0 unspecified atom stereocenters. The molecule has 0 aliphatic rings. The molecule has 1 amide bonds. The van der Waals surface area contributed by atoms with Crippen LogP contribution < -0.4 is 5.32 Å². The Hall–Kier alpha value is -2.98. The fourth-order valence-electron chi connectivity index (χ4n) is 2.78. The van der Waals surface area contributed by atoms with Crippen LogP contribution in [0, 0.1) is 6.92 Å². The second-order valence-electron chi connectivity index (χ2n) is 5.97. The molecule has 3 aromatic carbocycles. The van der Waals surface area contributed by atoms with Crippen LogP contribution in [-0.2, 0) is 0 Å². The molecule has 0 bridgehead atoms. The van der Waals surface area contributed by atoms with Crippen LogP contribution in [0.3, 0.4) is 0 Å². The average Bonchev–Trinajstić information content (AvgIpc) is 3.10. The summed E-state index contributed by atoms with van der Waals surface area (Å²) in [5.74, 6) is 0.0653. The van der Waals surface area contributed by atoms with Crippen LogP contribution in [0.4, 0.5) is 5.69 Å². The van der Waals surface area contributed by atoms with Gasteiger partial charge in [-0.1, -0.05) is 60.3 Å². The molecule has 0 radical (unpaired) electrons. The van der Waals surface area contributed by atoms with Crippen molar-refractivity contribution in [2.45, 2.75) is 16.7 Å². The Balaban J connectivity index is 1.60. The Bertz CT molecular complexity index is 1070. The Morgan fingerprint density at radius 1 is 0.923 bits per heavy atom. The second kappa shape index (κ2) is 7.10. The van der Waals surface area contributed by atoms with Gasteiger partial charge in [-0.15, -0.1) is 0 Å². The topological polar surface area (TPSA) is 42.2 Å². The van der Waals surface area contributed by atoms with Crippen LogP contribution >= 0.6 is 11.8 Å². The van der Waals surface area contributed by atoms with Crippen molar-refractivity contribution in [3.63, 3.8) is 0 Å². The van der Waals surface area contributed by atoms with Gasteiger partial charge < -0.3 is 9.73 Å². The number of furan rings is 1. The predicted octanol–water partition coefficient (Wildman–Crippen LogP) is 6.14. The maximum atomic E-state index is 12.7. The van der Waals surface area contributed by atoms with E-state index >= 15 is 0 Å². The molecule has 0 saturated heterocycles. The number of nitrogens with one attached hydrogen (secondary N) is 1. The van der Waals surface area contributed by atoms with Crippen LogP contribution in [0.5, 0.6) is 0 Å². The van der Waals surface area contributed by atoms with Crippen molar-refractivity contribution in [2.24, 2.45) is 0 Å². The van der Waals surface area contributed by atoms with Gasteiger partial charge in [0.25, 0.3) is 5.91 Å². The zero-order chi connectivity index (χ0) is 17.9. The molecular weight excluding hydrogens is 342 g/mol. The highest BCUT2D eigenvalue weighted by Crippen LogP contribution is 2.33. The van der Waals surface area contributed by atoms with Crippen LogP contribution in [0.1, 0.15) is 16.1 Å². The SMILES string of the molecule is Cc1cccc2cc(C(=O)Nc3ccccc3Sc3ccccc3)oc12. The van der Waals surface area contributed by atoms with E-state index in [0.29, 0.717) is 5.76 Å². The number of amides is 1. The largest absolute Gasteiger partial charge is 0.451 e. The Labute approximate surface area is 156 Å². The molecule has 4 rings (SSSR count). The lowest BCUT2D eigenvalue weighted by Crippen LogP contribution is -2.11. The van der Waals surface area contributed by atoms with Crippen molar-refractivity contribution in [3.8, 4) is 0 Å². The van der Waals surface area contributed by atoms with Crippen molar-refractivity contribution in [3.05, 3.63) is 90.2 Å². The van der Waals surface area contributed by atoms with Crippen molar-refractivity contribution in [1.29, 1.82) is 0 Å². The number of hydrogen-bond acceptors (Lipinski definition) is 3. The van der Waals surface area contributed by atoms with E-state index in [4.69, 9.17) is 4.42 Å². The molecule has 128 valence electrons. The summed E-state index contributed by atoms with van der Waals surface area (Å²) >= 11 is 1.61. The number of carbonyl (C=O) groups is 1. The molecule has 1 heterocycles. The third-order valence-corrected chi connectivity index (χ3v) is 5.15. The highest BCUT2D eigenvalue weighted by molar-refractivity contribution is 7.99. The van der Waals surface area contributed by atoms with Gasteiger partial charge in [-0.25, -0.2) is 0 Å². The summed E-state index contributed by atoms with van der Waals surface area (Å²) in [6.45, 7) is 1.97. The highest BCUT2D eigenvalue weighted by atomic mass is 32.2. The van der Waals surface area contributed by atoms with Gasteiger partial charge in [0.05, 0.1) is 5.69 Å². The Morgan fingerprint density at radius 3 is 2.50 bits per heavy atom. The van der Waals surface area contributed by atoms with Crippen molar-refractivity contribution in [2.75, 3.05) is 5.32 Å². The minimum Gasteiger partial charge on any atom is -0.451 e. The fourth-order valence-corrected chi connectivity index (χ4v) is 3.70. The van der Waals surface area contributed by atoms with Gasteiger partial charge in [0.15, 0.2) is 5.76 Å². The van der Waals surface area contributed by atoms with E-state index in [2.05, 4.69) is 5.32 Å². The minimum absolute atomic E-state index is 0.248. The van der Waals surface area contributed by atoms with Crippen LogP contribution in [0.2, 0.25) is 0 Å². The summed E-state index contributed by atoms with van der Waals surface area (Å²) < 4.78 is 5.77. The summed E-state index contributed by atoms with van der Waals surface area (Å²) in [5, 5.41) is 3.91. The molecule has 0 aliphatic carbocycles. The molecule has 0 fully saturated rings. The first-order valence-electron chi connectivity index (χ1n) is 8.33. The van der Waals surface area contributed by atoms with E-state index in [1.54, 1.807) is 17.8 Å². The molecule has 3 nitrogen and oxygen atoms in total. The van der Waals surface area contributed by atoms with E-state index < -0.39 is 0 Å². The lowest BCUT2D eigenvalue weighted by atomic mass is 10.2. The van der Waals surface area contributed by atoms with E-state index in [9.17, 15) is 4.79 Å². The van der Waals surface area contributed by atoms with Gasteiger partial charge in [-0.2, -0.15) is 0 Å². The van der Waals surface area contributed by atoms with Crippen LogP contribution in [-0.4, -0.2) is 5.91 Å². The Morgan fingerprint density at radius 2 is 1.69 bits per heavy atom. The van der Waals surface area contributed by atoms with Gasteiger partial charge >= 0.3 is 0 Å².